The van der Waals surface area contributed by atoms with Crippen LogP contribution >= 0.6 is 0 Å². The number of aliphatic carboxylic acids is 1. The van der Waals surface area contributed by atoms with E-state index >= 15 is 0 Å². The van der Waals surface area contributed by atoms with E-state index in [4.69, 9.17) is 0 Å². The zero-order valence-electron chi connectivity index (χ0n) is 9.10. The topological polar surface area (TPSA) is 37.3 Å². The third-order valence-electron chi connectivity index (χ3n) is 6.97. The lowest BCUT2D eigenvalue weighted by atomic mass is 8.92. The summed E-state index contributed by atoms with van der Waals surface area (Å²) in [6.07, 6.45) is 1.38. The molecule has 0 aromatic carbocycles. The second-order valence-corrected chi connectivity index (χ2v) is 7.10. The summed E-state index contributed by atoms with van der Waals surface area (Å²) >= 11 is 0. The third-order valence-corrected chi connectivity index (χ3v) is 6.97. The molecule has 0 aromatic heterocycles. The predicted molar refractivity (Wildman–Crippen MR) is 52.9 cm³/mol. The SMILES string of the molecule is CC(C)CC12C3C4C1C1C2C3C41C(=O)O. The van der Waals surface area contributed by atoms with Gasteiger partial charge in [-0.1, -0.05) is 13.8 Å². The van der Waals surface area contributed by atoms with Crippen molar-refractivity contribution >= 4 is 5.97 Å². The van der Waals surface area contributed by atoms with Crippen molar-refractivity contribution in [1.82, 2.24) is 0 Å². The fourth-order valence-corrected chi connectivity index (χ4v) is 7.29. The van der Waals surface area contributed by atoms with Gasteiger partial charge in [-0.2, -0.15) is 0 Å². The summed E-state index contributed by atoms with van der Waals surface area (Å²) in [5, 5.41) is 9.33. The molecular formula is C13H16O2. The zero-order chi connectivity index (χ0) is 10.3. The van der Waals surface area contributed by atoms with Crippen LogP contribution in [0.2, 0.25) is 0 Å². The smallest absolute Gasteiger partial charge is 0.310 e. The van der Waals surface area contributed by atoms with Gasteiger partial charge in [0.25, 0.3) is 0 Å². The molecule has 0 aromatic rings. The van der Waals surface area contributed by atoms with Gasteiger partial charge >= 0.3 is 5.97 Å². The molecule has 80 valence electrons. The summed E-state index contributed by atoms with van der Waals surface area (Å²) in [4.78, 5) is 11.3. The fraction of sp³-hybridized carbons (Fsp3) is 0.923. The second-order valence-electron chi connectivity index (χ2n) is 7.10. The quantitative estimate of drug-likeness (QED) is 0.761. The van der Waals surface area contributed by atoms with Crippen LogP contribution in [0.15, 0.2) is 0 Å². The number of rotatable bonds is 3. The van der Waals surface area contributed by atoms with E-state index in [0.717, 1.165) is 23.7 Å². The Morgan fingerprint density at radius 1 is 1.13 bits per heavy atom. The third kappa shape index (κ3) is 0.357. The first-order chi connectivity index (χ1) is 7.09. The molecule has 6 fully saturated rings. The Hall–Kier alpha value is -0.530. The van der Waals surface area contributed by atoms with Crippen LogP contribution in [0.3, 0.4) is 0 Å². The standard InChI is InChI=1S/C13H16O2/c1-4(2)3-12-5-8-6(12)10-7(12)9(5)13(8,10)11(14)15/h4-10H,3H2,1-2H3,(H,14,15). The van der Waals surface area contributed by atoms with E-state index in [1.54, 1.807) is 0 Å². The predicted octanol–water partition coefficient (Wildman–Crippen LogP) is 1.86. The molecule has 2 nitrogen and oxygen atoms in total. The van der Waals surface area contributed by atoms with Gasteiger partial charge in [-0.25, -0.2) is 0 Å². The maximum Gasteiger partial charge on any atom is 0.310 e. The fourth-order valence-electron chi connectivity index (χ4n) is 7.29. The van der Waals surface area contributed by atoms with Crippen LogP contribution in [0.4, 0.5) is 0 Å². The van der Waals surface area contributed by atoms with Crippen molar-refractivity contribution in [2.45, 2.75) is 20.3 Å². The van der Waals surface area contributed by atoms with E-state index in [9.17, 15) is 9.90 Å². The lowest BCUT2D eigenvalue weighted by molar-refractivity contribution is -0.645. The molecule has 6 aliphatic carbocycles. The summed E-state index contributed by atoms with van der Waals surface area (Å²) in [5.74, 6) is 4.82. The van der Waals surface area contributed by atoms with Crippen LogP contribution in [0.25, 0.3) is 0 Å². The minimum Gasteiger partial charge on any atom is -0.481 e. The van der Waals surface area contributed by atoms with Crippen LogP contribution in [-0.4, -0.2) is 11.1 Å². The van der Waals surface area contributed by atoms with E-state index < -0.39 is 5.97 Å². The molecule has 0 radical (unpaired) electrons. The number of carboxylic acid groups (broad SMARTS) is 1. The van der Waals surface area contributed by atoms with Crippen molar-refractivity contribution in [1.29, 1.82) is 0 Å². The van der Waals surface area contributed by atoms with Gasteiger partial charge in [0, 0.05) is 0 Å². The average Bonchev–Trinajstić information content (AvgIpc) is 2.17. The normalized spacial score (nSPS) is 73.3. The summed E-state index contributed by atoms with van der Waals surface area (Å²) in [7, 11) is 0. The molecule has 0 unspecified atom stereocenters. The van der Waals surface area contributed by atoms with Crippen LogP contribution < -0.4 is 0 Å². The number of carbonyl (C=O) groups is 1. The van der Waals surface area contributed by atoms with Gasteiger partial charge < -0.3 is 5.11 Å². The number of hydrogen-bond donors (Lipinski definition) is 1. The second kappa shape index (κ2) is 1.57. The Morgan fingerprint density at radius 3 is 1.93 bits per heavy atom. The maximum atomic E-state index is 11.3. The molecule has 6 aliphatic rings. The maximum absolute atomic E-state index is 11.3. The number of hydrogen-bond acceptors (Lipinski definition) is 1. The first-order valence-corrected chi connectivity index (χ1v) is 6.33. The summed E-state index contributed by atoms with van der Waals surface area (Å²) < 4.78 is 0. The van der Waals surface area contributed by atoms with E-state index in [0.29, 0.717) is 23.2 Å². The first kappa shape index (κ1) is 7.70. The van der Waals surface area contributed by atoms with Gasteiger partial charge in [-0.3, -0.25) is 4.79 Å². The van der Waals surface area contributed by atoms with Crippen molar-refractivity contribution in [3.05, 3.63) is 0 Å². The van der Waals surface area contributed by atoms with Crippen LogP contribution in [0.1, 0.15) is 20.3 Å². The van der Waals surface area contributed by atoms with Crippen LogP contribution in [0.5, 0.6) is 0 Å². The Bertz CT molecular complexity index is 369. The zero-order valence-corrected chi connectivity index (χ0v) is 9.10. The molecule has 2 heteroatoms. The van der Waals surface area contributed by atoms with E-state index in [1.165, 1.54) is 6.42 Å². The Labute approximate surface area is 89.0 Å². The highest BCUT2D eigenvalue weighted by Gasteiger charge is 3.11. The average molecular weight is 204 g/mol. The molecule has 0 amide bonds. The minimum absolute atomic E-state index is 0.154. The number of carboxylic acids is 1. The molecular weight excluding hydrogens is 188 g/mol. The summed E-state index contributed by atoms with van der Waals surface area (Å²) in [6.45, 7) is 4.63. The van der Waals surface area contributed by atoms with Gasteiger partial charge in [-0.05, 0) is 53.3 Å². The van der Waals surface area contributed by atoms with E-state index in [2.05, 4.69) is 13.8 Å². The highest BCUT2D eigenvalue weighted by Crippen LogP contribution is 3.10. The molecule has 0 spiro atoms. The van der Waals surface area contributed by atoms with Gasteiger partial charge in [0.05, 0.1) is 5.41 Å². The van der Waals surface area contributed by atoms with Gasteiger partial charge in [0.15, 0.2) is 0 Å². The Morgan fingerprint density at radius 2 is 1.60 bits per heavy atom. The van der Waals surface area contributed by atoms with Gasteiger partial charge in [-0.15, -0.1) is 0 Å². The summed E-state index contributed by atoms with van der Waals surface area (Å²) in [6, 6.07) is 0. The molecule has 6 saturated carbocycles. The lowest BCUT2D eigenvalue weighted by Crippen LogP contribution is -3.10. The molecule has 1 N–H and O–H groups in total. The van der Waals surface area contributed by atoms with E-state index in [-0.39, 0.29) is 5.41 Å². The van der Waals surface area contributed by atoms with Gasteiger partial charge in [0.2, 0.25) is 0 Å². The minimum atomic E-state index is -0.455. The largest absolute Gasteiger partial charge is 0.481 e. The monoisotopic (exact) mass is 204 g/mol. The molecule has 0 aliphatic heterocycles. The molecule has 0 atom stereocenters. The molecule has 15 heavy (non-hydrogen) atoms. The molecule has 6 rings (SSSR count). The van der Waals surface area contributed by atoms with Crippen molar-refractivity contribution in [3.8, 4) is 0 Å². The molecule has 0 bridgehead atoms. The van der Waals surface area contributed by atoms with Crippen molar-refractivity contribution in [3.63, 3.8) is 0 Å². The van der Waals surface area contributed by atoms with Crippen molar-refractivity contribution in [2.24, 2.45) is 52.3 Å². The highest BCUT2D eigenvalue weighted by molar-refractivity contribution is 5.86. The molecule has 0 saturated heterocycles. The lowest BCUT2D eigenvalue weighted by Gasteiger charge is -3.10. The summed E-state index contributed by atoms with van der Waals surface area (Å²) in [5.41, 5.74) is 0.532. The van der Waals surface area contributed by atoms with Crippen LogP contribution in [0, 0.1) is 52.3 Å². The van der Waals surface area contributed by atoms with Crippen LogP contribution in [-0.2, 0) is 4.79 Å². The van der Waals surface area contributed by atoms with E-state index in [1.807, 2.05) is 0 Å². The molecule has 0 heterocycles. The van der Waals surface area contributed by atoms with Crippen molar-refractivity contribution < 1.29 is 9.90 Å². The Kier molecular flexibility index (Phi) is 0.808. The first-order valence-electron chi connectivity index (χ1n) is 6.33. The van der Waals surface area contributed by atoms with Gasteiger partial charge in [0.1, 0.15) is 0 Å². The van der Waals surface area contributed by atoms with Crippen molar-refractivity contribution in [2.75, 3.05) is 0 Å². The highest BCUT2D eigenvalue weighted by atomic mass is 16.4. The Balaban J connectivity index is 1.52.